The summed E-state index contributed by atoms with van der Waals surface area (Å²) in [5, 5.41) is 0. The second-order valence-electron chi connectivity index (χ2n) is 8.56. The van der Waals surface area contributed by atoms with E-state index in [4.69, 9.17) is 5.73 Å². The summed E-state index contributed by atoms with van der Waals surface area (Å²) in [6.07, 6.45) is 6.05. The molecule has 3 aromatic carbocycles. The quantitative estimate of drug-likeness (QED) is 0.423. The molecule has 1 nitrogen and oxygen atoms in total. The summed E-state index contributed by atoms with van der Waals surface area (Å²) in [5.74, 6) is 0.572. The third kappa shape index (κ3) is 2.18. The first-order valence-electron chi connectivity index (χ1n) is 10.3. The Labute approximate surface area is 176 Å². The van der Waals surface area contributed by atoms with Gasteiger partial charge in [0.1, 0.15) is 0 Å². The van der Waals surface area contributed by atoms with E-state index < -0.39 is 0 Å². The molecule has 2 aliphatic carbocycles. The first-order chi connectivity index (χ1) is 14.1. The summed E-state index contributed by atoms with van der Waals surface area (Å²) in [5.41, 5.74) is 16.4. The molecule has 2 atom stereocenters. The van der Waals surface area contributed by atoms with Gasteiger partial charge in [-0.3, -0.25) is 0 Å². The summed E-state index contributed by atoms with van der Waals surface area (Å²) >= 11 is 1.92. The Morgan fingerprint density at radius 2 is 1.69 bits per heavy atom. The summed E-state index contributed by atoms with van der Waals surface area (Å²) in [6, 6.07) is 22.3. The topological polar surface area (TPSA) is 26.0 Å². The van der Waals surface area contributed by atoms with Crippen molar-refractivity contribution in [3.63, 3.8) is 0 Å². The molecule has 1 aliphatic heterocycles. The van der Waals surface area contributed by atoms with Crippen molar-refractivity contribution >= 4 is 17.4 Å². The largest absolute Gasteiger partial charge is 0.399 e. The molecule has 0 aromatic heterocycles. The average molecular weight is 394 g/mol. The van der Waals surface area contributed by atoms with Crippen LogP contribution in [0.1, 0.15) is 35.6 Å². The highest BCUT2D eigenvalue weighted by atomic mass is 32.2. The van der Waals surface area contributed by atoms with Crippen molar-refractivity contribution < 1.29 is 0 Å². The SMILES string of the molecule is Cc1ccc2c(c1)C1(C3=CCC(C)C=C3Sc3ccccc31)c1cc(N)ccc1-2. The van der Waals surface area contributed by atoms with E-state index in [1.807, 2.05) is 17.8 Å². The molecular formula is C27H23NS. The standard InChI is InChI=1S/C27H23NS/c1-16-7-10-19-20-11-9-18(28)15-24(20)27(23(19)13-16)21-5-3-4-6-25(21)29-26-14-17(2)8-12-22(26)27/h3-7,9-15,17H,8,28H2,1-2H3. The number of thioether (sulfide) groups is 1. The molecule has 2 unspecified atom stereocenters. The van der Waals surface area contributed by atoms with Gasteiger partial charge in [-0.25, -0.2) is 0 Å². The number of benzene rings is 3. The smallest absolute Gasteiger partial charge is 0.0733 e. The zero-order chi connectivity index (χ0) is 19.8. The molecule has 3 aromatic rings. The minimum Gasteiger partial charge on any atom is -0.399 e. The van der Waals surface area contributed by atoms with E-state index in [1.54, 1.807) is 0 Å². The third-order valence-corrected chi connectivity index (χ3v) is 7.78. The van der Waals surface area contributed by atoms with Gasteiger partial charge in [-0.05, 0) is 70.9 Å². The minimum absolute atomic E-state index is 0.278. The van der Waals surface area contributed by atoms with Crippen LogP contribution in [0.4, 0.5) is 5.69 Å². The van der Waals surface area contributed by atoms with Gasteiger partial charge < -0.3 is 5.73 Å². The average Bonchev–Trinajstić information content (AvgIpc) is 2.98. The Kier molecular flexibility index (Phi) is 3.49. The lowest BCUT2D eigenvalue weighted by Crippen LogP contribution is -2.34. The zero-order valence-corrected chi connectivity index (χ0v) is 17.5. The van der Waals surface area contributed by atoms with Crippen LogP contribution in [0.5, 0.6) is 0 Å². The molecule has 0 saturated carbocycles. The Bertz CT molecular complexity index is 1200. The second-order valence-corrected chi connectivity index (χ2v) is 9.65. The molecule has 2 N–H and O–H groups in total. The van der Waals surface area contributed by atoms with Crippen LogP contribution in [0.2, 0.25) is 0 Å². The van der Waals surface area contributed by atoms with Gasteiger partial charge in [0.25, 0.3) is 0 Å². The van der Waals surface area contributed by atoms with Crippen molar-refractivity contribution in [2.45, 2.75) is 30.6 Å². The van der Waals surface area contributed by atoms with E-state index in [-0.39, 0.29) is 5.41 Å². The summed E-state index contributed by atoms with van der Waals surface area (Å²) in [6.45, 7) is 4.51. The molecule has 1 heterocycles. The fraction of sp³-hybridized carbons (Fsp3) is 0.185. The van der Waals surface area contributed by atoms with Gasteiger partial charge in [-0.1, -0.05) is 78.9 Å². The fourth-order valence-corrected chi connectivity index (χ4v) is 6.77. The Hall–Kier alpha value is -2.71. The van der Waals surface area contributed by atoms with Crippen molar-refractivity contribution in [1.29, 1.82) is 0 Å². The monoisotopic (exact) mass is 393 g/mol. The predicted octanol–water partition coefficient (Wildman–Crippen LogP) is 6.85. The lowest BCUT2D eigenvalue weighted by atomic mass is 9.65. The molecule has 0 saturated heterocycles. The number of rotatable bonds is 0. The number of nitrogen functional groups attached to an aromatic ring is 1. The lowest BCUT2D eigenvalue weighted by Gasteiger charge is -2.43. The maximum Gasteiger partial charge on any atom is 0.0733 e. The highest BCUT2D eigenvalue weighted by molar-refractivity contribution is 8.03. The highest BCUT2D eigenvalue weighted by Crippen LogP contribution is 2.64. The van der Waals surface area contributed by atoms with E-state index in [2.05, 4.69) is 80.6 Å². The number of aryl methyl sites for hydroxylation is 1. The van der Waals surface area contributed by atoms with E-state index in [9.17, 15) is 0 Å². The van der Waals surface area contributed by atoms with E-state index >= 15 is 0 Å². The molecule has 2 heteroatoms. The Morgan fingerprint density at radius 1 is 0.931 bits per heavy atom. The first-order valence-corrected chi connectivity index (χ1v) is 11.1. The van der Waals surface area contributed by atoms with E-state index in [0.717, 1.165) is 12.1 Å². The summed E-state index contributed by atoms with van der Waals surface area (Å²) in [4.78, 5) is 2.76. The number of hydrogen-bond acceptors (Lipinski definition) is 2. The number of allylic oxidation sites excluding steroid dienone is 3. The first kappa shape index (κ1) is 17.2. The van der Waals surface area contributed by atoms with Crippen LogP contribution in [-0.4, -0.2) is 0 Å². The predicted molar refractivity (Wildman–Crippen MR) is 123 cm³/mol. The Balaban J connectivity index is 1.82. The van der Waals surface area contributed by atoms with E-state index in [0.29, 0.717) is 5.92 Å². The van der Waals surface area contributed by atoms with Gasteiger partial charge in [-0.2, -0.15) is 0 Å². The molecule has 6 rings (SSSR count). The molecule has 0 fully saturated rings. The number of fused-ring (bicyclic) bond motifs is 9. The minimum atomic E-state index is -0.278. The molecular weight excluding hydrogens is 370 g/mol. The maximum atomic E-state index is 6.36. The molecule has 0 amide bonds. The van der Waals surface area contributed by atoms with Crippen molar-refractivity contribution in [1.82, 2.24) is 0 Å². The van der Waals surface area contributed by atoms with Crippen LogP contribution in [0.25, 0.3) is 11.1 Å². The highest BCUT2D eigenvalue weighted by Gasteiger charge is 2.52. The summed E-state index contributed by atoms with van der Waals surface area (Å²) in [7, 11) is 0. The number of hydrogen-bond donors (Lipinski definition) is 1. The number of nitrogens with two attached hydrogens (primary N) is 1. The summed E-state index contributed by atoms with van der Waals surface area (Å²) < 4.78 is 0. The van der Waals surface area contributed by atoms with Gasteiger partial charge in [0, 0.05) is 15.5 Å². The van der Waals surface area contributed by atoms with Crippen LogP contribution in [0, 0.1) is 12.8 Å². The van der Waals surface area contributed by atoms with Crippen molar-refractivity contribution in [2.24, 2.45) is 5.92 Å². The van der Waals surface area contributed by atoms with Gasteiger partial charge >= 0.3 is 0 Å². The molecule has 29 heavy (non-hydrogen) atoms. The maximum absolute atomic E-state index is 6.36. The van der Waals surface area contributed by atoms with Crippen LogP contribution < -0.4 is 5.73 Å². The number of anilines is 1. The van der Waals surface area contributed by atoms with Crippen molar-refractivity contribution in [3.8, 4) is 11.1 Å². The van der Waals surface area contributed by atoms with Crippen LogP contribution in [0.3, 0.4) is 0 Å². The molecule has 142 valence electrons. The van der Waals surface area contributed by atoms with Crippen LogP contribution in [-0.2, 0) is 5.41 Å². The van der Waals surface area contributed by atoms with Gasteiger partial charge in [0.15, 0.2) is 0 Å². The molecule has 0 radical (unpaired) electrons. The van der Waals surface area contributed by atoms with Crippen molar-refractivity contribution in [2.75, 3.05) is 5.73 Å². The van der Waals surface area contributed by atoms with Gasteiger partial charge in [0.2, 0.25) is 0 Å². The molecule has 1 spiro atoms. The lowest BCUT2D eigenvalue weighted by molar-refractivity contribution is 0.676. The van der Waals surface area contributed by atoms with Crippen LogP contribution in [0.15, 0.2) is 88.2 Å². The molecule has 3 aliphatic rings. The van der Waals surface area contributed by atoms with Gasteiger partial charge in [0.05, 0.1) is 5.41 Å². The fourth-order valence-electron chi connectivity index (χ4n) is 5.41. The normalized spacial score (nSPS) is 23.6. The van der Waals surface area contributed by atoms with E-state index in [1.165, 1.54) is 48.8 Å². The van der Waals surface area contributed by atoms with Gasteiger partial charge in [-0.15, -0.1) is 0 Å². The Morgan fingerprint density at radius 3 is 2.55 bits per heavy atom. The van der Waals surface area contributed by atoms with Crippen molar-refractivity contribution in [3.05, 3.63) is 106 Å². The third-order valence-electron chi connectivity index (χ3n) is 6.63. The zero-order valence-electron chi connectivity index (χ0n) is 16.7. The van der Waals surface area contributed by atoms with Crippen LogP contribution >= 0.6 is 11.8 Å². The second kappa shape index (κ2) is 5.90. The molecule has 0 bridgehead atoms.